The maximum absolute atomic E-state index is 11.8. The van der Waals surface area contributed by atoms with Crippen LogP contribution in [0.15, 0.2) is 6.07 Å². The third-order valence-corrected chi connectivity index (χ3v) is 4.16. The third kappa shape index (κ3) is 4.44. The van der Waals surface area contributed by atoms with Crippen molar-refractivity contribution in [1.82, 2.24) is 10.3 Å². The van der Waals surface area contributed by atoms with Crippen molar-refractivity contribution in [3.8, 4) is 0 Å². The van der Waals surface area contributed by atoms with Gasteiger partial charge >= 0.3 is 12.1 Å². The van der Waals surface area contributed by atoms with Crippen LogP contribution in [0.5, 0.6) is 0 Å². The van der Waals surface area contributed by atoms with Gasteiger partial charge in [0.05, 0.1) is 30.7 Å². The zero-order chi connectivity index (χ0) is 17.5. The van der Waals surface area contributed by atoms with Gasteiger partial charge in [-0.2, -0.15) is 0 Å². The molecule has 0 saturated carbocycles. The molecule has 2 rings (SSSR count). The summed E-state index contributed by atoms with van der Waals surface area (Å²) in [4.78, 5) is 28.0. The lowest BCUT2D eigenvalue weighted by molar-refractivity contribution is 0.0599. The van der Waals surface area contributed by atoms with E-state index >= 15 is 0 Å². The number of carbonyl (C=O) groups excluding carboxylic acids is 2. The molecule has 0 saturated heterocycles. The average molecular weight is 336 g/mol. The van der Waals surface area contributed by atoms with Crippen molar-refractivity contribution < 1.29 is 24.2 Å². The Morgan fingerprint density at radius 3 is 2.92 bits per heavy atom. The number of nitrogens with zero attached hydrogens (tertiary/aromatic N) is 1. The highest BCUT2D eigenvalue weighted by Crippen LogP contribution is 2.31. The highest BCUT2D eigenvalue weighted by atomic mass is 16.5. The number of rotatable bonds is 5. The number of aliphatic hydroxyl groups is 1. The average Bonchev–Trinajstić information content (AvgIpc) is 2.78. The molecule has 24 heavy (non-hydrogen) atoms. The van der Waals surface area contributed by atoms with Crippen molar-refractivity contribution in [2.45, 2.75) is 38.5 Å². The zero-order valence-corrected chi connectivity index (χ0v) is 14.1. The fraction of sp³-hybridized carbons (Fsp3) is 0.588. The number of carbonyl (C=O) groups is 2. The summed E-state index contributed by atoms with van der Waals surface area (Å²) in [5.41, 5.74) is 3.02. The molecule has 1 atom stereocenters. The SMILES string of the molecule is COC(=O)c1cc2c(nc1C)C(COC(=O)NCCO)CCCC2. The fourth-order valence-corrected chi connectivity index (χ4v) is 2.93. The first-order valence-electron chi connectivity index (χ1n) is 8.17. The van der Waals surface area contributed by atoms with Gasteiger partial charge in [-0.15, -0.1) is 0 Å². The molecule has 1 aromatic rings. The quantitative estimate of drug-likeness (QED) is 0.627. The van der Waals surface area contributed by atoms with Gasteiger partial charge in [0.1, 0.15) is 6.61 Å². The Morgan fingerprint density at radius 2 is 2.21 bits per heavy atom. The Kier molecular flexibility index (Phi) is 6.54. The van der Waals surface area contributed by atoms with E-state index in [1.807, 2.05) is 6.07 Å². The van der Waals surface area contributed by atoms with Crippen LogP contribution in [0.1, 0.15) is 52.5 Å². The standard InChI is InChI=1S/C17H24N2O5/c1-11-14(16(21)23-2)9-12-5-3-4-6-13(15(12)19-11)10-24-17(22)18-7-8-20/h9,13,20H,3-8,10H2,1-2H3,(H,18,22). The molecule has 132 valence electrons. The van der Waals surface area contributed by atoms with Gasteiger partial charge < -0.3 is 19.9 Å². The van der Waals surface area contributed by atoms with Gasteiger partial charge in [-0.1, -0.05) is 6.42 Å². The normalized spacial score (nSPS) is 16.7. The molecule has 1 aliphatic rings. The number of aryl methyl sites for hydroxylation is 2. The molecule has 0 aromatic carbocycles. The van der Waals surface area contributed by atoms with Gasteiger partial charge in [0.25, 0.3) is 0 Å². The zero-order valence-electron chi connectivity index (χ0n) is 14.1. The van der Waals surface area contributed by atoms with E-state index in [9.17, 15) is 9.59 Å². The van der Waals surface area contributed by atoms with Crippen LogP contribution in [0.3, 0.4) is 0 Å². The van der Waals surface area contributed by atoms with Crippen LogP contribution in [0, 0.1) is 6.92 Å². The molecular weight excluding hydrogens is 312 g/mol. The van der Waals surface area contributed by atoms with Crippen molar-refractivity contribution in [3.63, 3.8) is 0 Å². The molecule has 1 unspecified atom stereocenters. The van der Waals surface area contributed by atoms with E-state index in [-0.39, 0.29) is 31.6 Å². The van der Waals surface area contributed by atoms with Crippen molar-refractivity contribution >= 4 is 12.1 Å². The van der Waals surface area contributed by atoms with Crippen molar-refractivity contribution in [1.29, 1.82) is 0 Å². The predicted octanol–water partition coefficient (Wildman–Crippen LogP) is 1.71. The number of esters is 1. The van der Waals surface area contributed by atoms with E-state index in [0.717, 1.165) is 36.9 Å². The third-order valence-electron chi connectivity index (χ3n) is 4.16. The number of alkyl carbamates (subject to hydrolysis) is 1. The van der Waals surface area contributed by atoms with Crippen LogP contribution >= 0.6 is 0 Å². The second kappa shape index (κ2) is 8.63. The number of aliphatic hydroxyl groups excluding tert-OH is 1. The monoisotopic (exact) mass is 336 g/mol. The second-order valence-electron chi connectivity index (χ2n) is 5.85. The minimum absolute atomic E-state index is 0.00720. The Balaban J connectivity index is 2.17. The number of methoxy groups -OCH3 is 1. The van der Waals surface area contributed by atoms with Gasteiger partial charge in [0, 0.05) is 12.5 Å². The number of hydrogen-bond acceptors (Lipinski definition) is 6. The Hall–Kier alpha value is -2.15. The lowest BCUT2D eigenvalue weighted by atomic mass is 9.97. The molecule has 0 spiro atoms. The largest absolute Gasteiger partial charge is 0.465 e. The molecule has 1 heterocycles. The van der Waals surface area contributed by atoms with Gasteiger partial charge in [-0.25, -0.2) is 9.59 Å². The van der Waals surface area contributed by atoms with Crippen LogP contribution in [0.4, 0.5) is 4.79 Å². The summed E-state index contributed by atoms with van der Waals surface area (Å²) in [6.07, 6.45) is 3.20. The number of ether oxygens (including phenoxy) is 2. The van der Waals surface area contributed by atoms with Crippen LogP contribution in [0.2, 0.25) is 0 Å². The summed E-state index contributed by atoms with van der Waals surface area (Å²) < 4.78 is 10.0. The number of nitrogens with one attached hydrogen (secondary N) is 1. The van der Waals surface area contributed by atoms with E-state index in [1.54, 1.807) is 6.92 Å². The first kappa shape index (κ1) is 18.2. The van der Waals surface area contributed by atoms with E-state index in [2.05, 4.69) is 10.3 Å². The van der Waals surface area contributed by atoms with Gasteiger partial charge in [0.2, 0.25) is 0 Å². The van der Waals surface area contributed by atoms with E-state index in [4.69, 9.17) is 14.6 Å². The summed E-state index contributed by atoms with van der Waals surface area (Å²) in [6.45, 7) is 2.05. The minimum atomic E-state index is -0.544. The summed E-state index contributed by atoms with van der Waals surface area (Å²) in [5.74, 6) is -0.379. The van der Waals surface area contributed by atoms with Crippen LogP contribution < -0.4 is 5.32 Å². The molecule has 7 nitrogen and oxygen atoms in total. The molecule has 7 heteroatoms. The molecule has 1 aliphatic carbocycles. The highest BCUT2D eigenvalue weighted by molar-refractivity contribution is 5.90. The molecule has 0 bridgehead atoms. The summed E-state index contributed by atoms with van der Waals surface area (Å²) >= 11 is 0. The van der Waals surface area contributed by atoms with Gasteiger partial charge in [0.15, 0.2) is 0 Å². The number of fused-ring (bicyclic) bond motifs is 1. The molecule has 1 amide bonds. The van der Waals surface area contributed by atoms with Crippen molar-refractivity contribution in [3.05, 3.63) is 28.6 Å². The van der Waals surface area contributed by atoms with Gasteiger partial charge in [-0.05, 0) is 37.8 Å². The number of hydrogen-bond donors (Lipinski definition) is 2. The molecule has 0 fully saturated rings. The lowest BCUT2D eigenvalue weighted by Gasteiger charge is -2.18. The fourth-order valence-electron chi connectivity index (χ4n) is 2.93. The number of amides is 1. The van der Waals surface area contributed by atoms with E-state index in [1.165, 1.54) is 7.11 Å². The summed E-state index contributed by atoms with van der Waals surface area (Å²) in [6, 6.07) is 1.85. The molecule has 0 radical (unpaired) electrons. The van der Waals surface area contributed by atoms with Crippen LogP contribution in [-0.2, 0) is 15.9 Å². The molecule has 1 aromatic heterocycles. The summed E-state index contributed by atoms with van der Waals surface area (Å²) in [5, 5.41) is 11.2. The van der Waals surface area contributed by atoms with E-state index < -0.39 is 6.09 Å². The van der Waals surface area contributed by atoms with Crippen LogP contribution in [-0.4, -0.2) is 49.0 Å². The number of aromatic nitrogens is 1. The lowest BCUT2D eigenvalue weighted by Crippen LogP contribution is -2.28. The Bertz CT molecular complexity index is 603. The minimum Gasteiger partial charge on any atom is -0.465 e. The molecular formula is C17H24N2O5. The summed E-state index contributed by atoms with van der Waals surface area (Å²) in [7, 11) is 1.36. The van der Waals surface area contributed by atoms with Crippen molar-refractivity contribution in [2.24, 2.45) is 0 Å². The van der Waals surface area contributed by atoms with E-state index in [0.29, 0.717) is 11.3 Å². The maximum Gasteiger partial charge on any atom is 0.407 e. The first-order valence-corrected chi connectivity index (χ1v) is 8.17. The number of pyridine rings is 1. The topological polar surface area (TPSA) is 97.8 Å². The molecule has 0 aliphatic heterocycles. The maximum atomic E-state index is 11.8. The molecule has 2 N–H and O–H groups in total. The Morgan fingerprint density at radius 1 is 1.42 bits per heavy atom. The first-order chi connectivity index (χ1) is 11.6. The van der Waals surface area contributed by atoms with Crippen LogP contribution in [0.25, 0.3) is 0 Å². The van der Waals surface area contributed by atoms with Crippen molar-refractivity contribution in [2.75, 3.05) is 26.9 Å². The van der Waals surface area contributed by atoms with Gasteiger partial charge in [-0.3, -0.25) is 4.98 Å². The predicted molar refractivity (Wildman–Crippen MR) is 87.0 cm³/mol. The Labute approximate surface area is 141 Å². The highest BCUT2D eigenvalue weighted by Gasteiger charge is 2.24. The second-order valence-corrected chi connectivity index (χ2v) is 5.85. The smallest absolute Gasteiger partial charge is 0.407 e.